The molecule has 2 N–H and O–H groups in total. The molecule has 0 saturated heterocycles. The minimum atomic E-state index is 0. The van der Waals surface area contributed by atoms with E-state index in [1.54, 1.807) is 7.11 Å². The van der Waals surface area contributed by atoms with E-state index in [4.69, 9.17) is 10.5 Å². The number of ether oxygens (including phenoxy) is 1. The van der Waals surface area contributed by atoms with Gasteiger partial charge in [-0.1, -0.05) is 0 Å². The van der Waals surface area contributed by atoms with E-state index in [2.05, 4.69) is 13.8 Å². The van der Waals surface area contributed by atoms with Gasteiger partial charge in [0.2, 0.25) is 0 Å². The minimum Gasteiger partial charge on any atom is -0.379 e. The minimum absolute atomic E-state index is 0. The Balaban J connectivity index is 0.00000144. The molecule has 0 amide bonds. The van der Waals surface area contributed by atoms with Crippen LogP contribution in [0.3, 0.4) is 0 Å². The Labute approximate surface area is 87.6 Å². The molecule has 3 heteroatoms. The molecule has 1 fully saturated rings. The molecular weight excluding hydrogens is 186 g/mol. The number of hydrogen-bond donors (Lipinski definition) is 1. The van der Waals surface area contributed by atoms with Crippen LogP contribution in [0, 0.1) is 5.92 Å². The average molecular weight is 208 g/mol. The summed E-state index contributed by atoms with van der Waals surface area (Å²) in [5, 5.41) is 0. The fraction of sp³-hybridized carbons (Fsp3) is 1.00. The fourth-order valence-electron chi connectivity index (χ4n) is 1.98. The van der Waals surface area contributed by atoms with Crippen molar-refractivity contribution in [3.05, 3.63) is 0 Å². The number of hydrogen-bond acceptors (Lipinski definition) is 2. The molecule has 0 aromatic rings. The van der Waals surface area contributed by atoms with E-state index in [0.29, 0.717) is 12.0 Å². The van der Waals surface area contributed by atoms with Crippen LogP contribution in [0.15, 0.2) is 0 Å². The highest BCUT2D eigenvalue weighted by Crippen LogP contribution is 2.33. The molecule has 0 aromatic heterocycles. The van der Waals surface area contributed by atoms with Crippen molar-refractivity contribution in [2.75, 3.05) is 7.11 Å². The van der Waals surface area contributed by atoms with E-state index in [0.717, 1.165) is 12.8 Å². The first-order valence-electron chi connectivity index (χ1n) is 4.87. The topological polar surface area (TPSA) is 35.2 Å². The van der Waals surface area contributed by atoms with Crippen LogP contribution in [-0.4, -0.2) is 18.8 Å². The molecule has 1 aliphatic carbocycles. The normalized spacial score (nSPS) is 29.5. The first kappa shape index (κ1) is 13.2. The quantitative estimate of drug-likeness (QED) is 0.755. The monoisotopic (exact) mass is 207 g/mol. The van der Waals surface area contributed by atoms with Gasteiger partial charge in [-0.2, -0.15) is 0 Å². The summed E-state index contributed by atoms with van der Waals surface area (Å²) in [4.78, 5) is 0. The van der Waals surface area contributed by atoms with Gasteiger partial charge >= 0.3 is 0 Å². The maximum Gasteiger partial charge on any atom is 0.0650 e. The van der Waals surface area contributed by atoms with Crippen molar-refractivity contribution in [2.45, 2.75) is 51.2 Å². The molecule has 0 unspecified atom stereocenters. The van der Waals surface area contributed by atoms with Crippen molar-refractivity contribution >= 4 is 12.4 Å². The van der Waals surface area contributed by atoms with Gasteiger partial charge in [-0.25, -0.2) is 0 Å². The summed E-state index contributed by atoms with van der Waals surface area (Å²) in [5.41, 5.74) is 5.88. The van der Waals surface area contributed by atoms with E-state index >= 15 is 0 Å². The highest BCUT2D eigenvalue weighted by molar-refractivity contribution is 5.85. The number of rotatable bonds is 2. The smallest absolute Gasteiger partial charge is 0.0650 e. The van der Waals surface area contributed by atoms with Gasteiger partial charge in [0, 0.05) is 13.2 Å². The Kier molecular flexibility index (Phi) is 5.26. The largest absolute Gasteiger partial charge is 0.379 e. The summed E-state index contributed by atoms with van der Waals surface area (Å²) in [7, 11) is 1.80. The van der Waals surface area contributed by atoms with Gasteiger partial charge in [-0.05, 0) is 45.4 Å². The lowest BCUT2D eigenvalue weighted by Crippen LogP contribution is -2.38. The standard InChI is InChI=1S/C10H21NO.ClH/c1-10(2,12-3)8-4-6-9(11)7-5-8;/h8-9H,4-7,11H2,1-3H3;1H. The first-order chi connectivity index (χ1) is 5.56. The van der Waals surface area contributed by atoms with Gasteiger partial charge in [-0.15, -0.1) is 12.4 Å². The molecular formula is C10H22ClNO. The number of nitrogens with two attached hydrogens (primary N) is 1. The van der Waals surface area contributed by atoms with Crippen LogP contribution in [0.25, 0.3) is 0 Å². The van der Waals surface area contributed by atoms with Crippen molar-refractivity contribution in [1.29, 1.82) is 0 Å². The predicted molar refractivity (Wildman–Crippen MR) is 58.3 cm³/mol. The van der Waals surface area contributed by atoms with Gasteiger partial charge in [0.25, 0.3) is 0 Å². The van der Waals surface area contributed by atoms with Crippen LogP contribution >= 0.6 is 12.4 Å². The van der Waals surface area contributed by atoms with Gasteiger partial charge in [0.15, 0.2) is 0 Å². The molecule has 0 heterocycles. The third-order valence-electron chi connectivity index (χ3n) is 3.28. The second-order valence-corrected chi connectivity index (χ2v) is 4.42. The Hall–Kier alpha value is 0.210. The molecule has 0 aromatic carbocycles. The highest BCUT2D eigenvalue weighted by Gasteiger charge is 2.31. The Morgan fingerprint density at radius 3 is 2.00 bits per heavy atom. The van der Waals surface area contributed by atoms with Crippen LogP contribution < -0.4 is 5.73 Å². The van der Waals surface area contributed by atoms with E-state index in [1.807, 2.05) is 0 Å². The molecule has 13 heavy (non-hydrogen) atoms. The molecule has 2 nitrogen and oxygen atoms in total. The van der Waals surface area contributed by atoms with Crippen LogP contribution in [0.4, 0.5) is 0 Å². The van der Waals surface area contributed by atoms with Crippen LogP contribution in [0.1, 0.15) is 39.5 Å². The molecule has 0 atom stereocenters. The maximum atomic E-state index is 5.84. The van der Waals surface area contributed by atoms with Crippen LogP contribution in [0.2, 0.25) is 0 Å². The summed E-state index contributed by atoms with van der Waals surface area (Å²) in [5.74, 6) is 0.697. The molecule has 0 spiro atoms. The SMILES string of the molecule is COC(C)(C)C1CCC(N)CC1.Cl. The van der Waals surface area contributed by atoms with Crippen LogP contribution in [-0.2, 0) is 4.74 Å². The van der Waals surface area contributed by atoms with Gasteiger partial charge in [0.1, 0.15) is 0 Å². The summed E-state index contributed by atoms with van der Waals surface area (Å²) < 4.78 is 5.47. The van der Waals surface area contributed by atoms with E-state index in [-0.39, 0.29) is 18.0 Å². The summed E-state index contributed by atoms with van der Waals surface area (Å²) in [6.45, 7) is 4.35. The molecule has 0 radical (unpaired) electrons. The van der Waals surface area contributed by atoms with Gasteiger partial charge in [-0.3, -0.25) is 0 Å². The number of halogens is 1. The molecule has 0 aliphatic heterocycles. The zero-order valence-electron chi connectivity index (χ0n) is 8.88. The Morgan fingerprint density at radius 2 is 1.62 bits per heavy atom. The second-order valence-electron chi connectivity index (χ2n) is 4.42. The molecule has 1 aliphatic rings. The lowest BCUT2D eigenvalue weighted by atomic mass is 9.77. The predicted octanol–water partition coefficient (Wildman–Crippen LogP) is 2.35. The van der Waals surface area contributed by atoms with Gasteiger partial charge < -0.3 is 10.5 Å². The van der Waals surface area contributed by atoms with Crippen molar-refractivity contribution in [1.82, 2.24) is 0 Å². The molecule has 1 rings (SSSR count). The van der Waals surface area contributed by atoms with Crippen molar-refractivity contribution in [2.24, 2.45) is 11.7 Å². The fourth-order valence-corrected chi connectivity index (χ4v) is 1.98. The van der Waals surface area contributed by atoms with Crippen molar-refractivity contribution in [3.8, 4) is 0 Å². The third-order valence-corrected chi connectivity index (χ3v) is 3.28. The first-order valence-corrected chi connectivity index (χ1v) is 4.87. The summed E-state index contributed by atoms with van der Waals surface area (Å²) >= 11 is 0. The summed E-state index contributed by atoms with van der Waals surface area (Å²) in [6, 6.07) is 0.439. The molecule has 1 saturated carbocycles. The van der Waals surface area contributed by atoms with E-state index in [9.17, 15) is 0 Å². The molecule has 80 valence electrons. The lowest BCUT2D eigenvalue weighted by Gasteiger charge is -2.37. The third kappa shape index (κ3) is 3.45. The lowest BCUT2D eigenvalue weighted by molar-refractivity contribution is -0.0413. The van der Waals surface area contributed by atoms with Crippen molar-refractivity contribution < 1.29 is 4.74 Å². The zero-order valence-corrected chi connectivity index (χ0v) is 9.69. The Bertz CT molecular complexity index is 142. The number of methoxy groups -OCH3 is 1. The molecule has 0 bridgehead atoms. The van der Waals surface area contributed by atoms with E-state index in [1.165, 1.54) is 12.8 Å². The Morgan fingerprint density at radius 1 is 1.15 bits per heavy atom. The highest BCUT2D eigenvalue weighted by atomic mass is 35.5. The van der Waals surface area contributed by atoms with Gasteiger partial charge in [0.05, 0.1) is 5.60 Å². The summed E-state index contributed by atoms with van der Waals surface area (Å²) in [6.07, 6.45) is 4.78. The van der Waals surface area contributed by atoms with Crippen molar-refractivity contribution in [3.63, 3.8) is 0 Å². The van der Waals surface area contributed by atoms with Crippen LogP contribution in [0.5, 0.6) is 0 Å². The second kappa shape index (κ2) is 5.18. The van der Waals surface area contributed by atoms with E-state index < -0.39 is 0 Å². The zero-order chi connectivity index (χ0) is 9.19. The maximum absolute atomic E-state index is 5.84. The average Bonchev–Trinajstić information content (AvgIpc) is 2.05.